The highest BCUT2D eigenvalue weighted by Gasteiger charge is 2.11. The van der Waals surface area contributed by atoms with Crippen molar-refractivity contribution in [3.8, 4) is 0 Å². The predicted molar refractivity (Wildman–Crippen MR) is 78.3 cm³/mol. The van der Waals surface area contributed by atoms with E-state index in [9.17, 15) is 8.42 Å². The van der Waals surface area contributed by atoms with Crippen LogP contribution in [0.4, 0.5) is 11.4 Å². The van der Waals surface area contributed by atoms with Gasteiger partial charge in [-0.3, -0.25) is 4.72 Å². The Kier molecular flexibility index (Phi) is 5.28. The van der Waals surface area contributed by atoms with Crippen LogP contribution in [0, 0.1) is 6.92 Å². The van der Waals surface area contributed by atoms with E-state index in [0.717, 1.165) is 11.3 Å². The Hall–Kier alpha value is -0.940. The van der Waals surface area contributed by atoms with Crippen molar-refractivity contribution in [2.75, 3.05) is 35.4 Å². The van der Waals surface area contributed by atoms with Gasteiger partial charge >= 0.3 is 0 Å². The molecule has 0 aliphatic heterocycles. The van der Waals surface area contributed by atoms with Crippen molar-refractivity contribution in [1.82, 2.24) is 0 Å². The van der Waals surface area contributed by atoms with Gasteiger partial charge in [0, 0.05) is 25.7 Å². The quantitative estimate of drug-likeness (QED) is 0.819. The third kappa shape index (κ3) is 4.38. The molecule has 1 rings (SSSR count). The SMILES string of the molecule is Cc1cc(N(C)C)ccc1NS(=O)(=O)CCCCl. The largest absolute Gasteiger partial charge is 0.378 e. The first-order valence-electron chi connectivity index (χ1n) is 5.70. The van der Waals surface area contributed by atoms with Crippen molar-refractivity contribution in [3.05, 3.63) is 23.8 Å². The third-order valence-electron chi connectivity index (χ3n) is 2.54. The molecule has 102 valence electrons. The summed E-state index contributed by atoms with van der Waals surface area (Å²) in [6.07, 6.45) is 0.450. The summed E-state index contributed by atoms with van der Waals surface area (Å²) in [4.78, 5) is 1.97. The monoisotopic (exact) mass is 290 g/mol. The number of rotatable bonds is 6. The van der Waals surface area contributed by atoms with Crippen LogP contribution >= 0.6 is 11.6 Å². The number of hydrogen-bond donors (Lipinski definition) is 1. The second kappa shape index (κ2) is 6.29. The summed E-state index contributed by atoms with van der Waals surface area (Å²) in [5.41, 5.74) is 2.56. The van der Waals surface area contributed by atoms with E-state index in [0.29, 0.717) is 18.0 Å². The standard InChI is InChI=1S/C12H19ClN2O2S/c1-10-9-11(15(2)3)5-6-12(10)14-18(16,17)8-4-7-13/h5-6,9,14H,4,7-8H2,1-3H3. The fourth-order valence-electron chi connectivity index (χ4n) is 1.50. The number of alkyl halides is 1. The van der Waals surface area contributed by atoms with Crippen LogP contribution < -0.4 is 9.62 Å². The van der Waals surface area contributed by atoms with E-state index in [4.69, 9.17) is 11.6 Å². The number of hydrogen-bond acceptors (Lipinski definition) is 3. The summed E-state index contributed by atoms with van der Waals surface area (Å²) >= 11 is 5.50. The normalized spacial score (nSPS) is 11.3. The maximum Gasteiger partial charge on any atom is 0.232 e. The van der Waals surface area contributed by atoms with Gasteiger partial charge in [0.15, 0.2) is 0 Å². The summed E-state index contributed by atoms with van der Waals surface area (Å²) in [5.74, 6) is 0.394. The average molecular weight is 291 g/mol. The lowest BCUT2D eigenvalue weighted by molar-refractivity contribution is 0.600. The minimum atomic E-state index is -3.30. The molecule has 1 aromatic rings. The van der Waals surface area contributed by atoms with Gasteiger partial charge in [0.1, 0.15) is 0 Å². The highest BCUT2D eigenvalue weighted by atomic mass is 35.5. The first kappa shape index (κ1) is 15.1. The molecule has 0 heterocycles. The highest BCUT2D eigenvalue weighted by Crippen LogP contribution is 2.22. The Balaban J connectivity index is 2.86. The molecule has 0 amide bonds. The van der Waals surface area contributed by atoms with Crippen LogP contribution in [0.15, 0.2) is 18.2 Å². The molecule has 0 saturated heterocycles. The molecule has 6 heteroatoms. The molecule has 4 nitrogen and oxygen atoms in total. The topological polar surface area (TPSA) is 49.4 Å². The van der Waals surface area contributed by atoms with Crippen LogP contribution in [0.5, 0.6) is 0 Å². The van der Waals surface area contributed by atoms with Gasteiger partial charge in [-0.25, -0.2) is 8.42 Å². The van der Waals surface area contributed by atoms with Crippen molar-refractivity contribution >= 4 is 33.0 Å². The second-order valence-electron chi connectivity index (χ2n) is 4.36. The number of aryl methyl sites for hydroxylation is 1. The van der Waals surface area contributed by atoms with E-state index in [1.54, 1.807) is 6.07 Å². The zero-order valence-electron chi connectivity index (χ0n) is 10.9. The third-order valence-corrected chi connectivity index (χ3v) is 4.16. The highest BCUT2D eigenvalue weighted by molar-refractivity contribution is 7.92. The number of benzene rings is 1. The lowest BCUT2D eigenvalue weighted by atomic mass is 10.2. The van der Waals surface area contributed by atoms with Gasteiger partial charge in [-0.1, -0.05) is 0 Å². The lowest BCUT2D eigenvalue weighted by Gasteiger charge is -2.16. The molecule has 0 aromatic heterocycles. The molecule has 0 fully saturated rings. The molecular weight excluding hydrogens is 272 g/mol. The minimum absolute atomic E-state index is 0.0470. The Labute approximate surface area is 114 Å². The summed E-state index contributed by atoms with van der Waals surface area (Å²) < 4.78 is 26.1. The van der Waals surface area contributed by atoms with Crippen LogP contribution in [-0.4, -0.2) is 34.1 Å². The van der Waals surface area contributed by atoms with Gasteiger partial charge in [0.2, 0.25) is 10.0 Å². The molecule has 0 bridgehead atoms. The lowest BCUT2D eigenvalue weighted by Crippen LogP contribution is -2.18. The van der Waals surface area contributed by atoms with Crippen molar-refractivity contribution < 1.29 is 8.42 Å². The van der Waals surface area contributed by atoms with E-state index in [1.165, 1.54) is 0 Å². The maximum absolute atomic E-state index is 11.7. The van der Waals surface area contributed by atoms with Crippen molar-refractivity contribution in [3.63, 3.8) is 0 Å². The van der Waals surface area contributed by atoms with Gasteiger partial charge in [0.25, 0.3) is 0 Å². The smallest absolute Gasteiger partial charge is 0.232 e. The first-order chi connectivity index (χ1) is 8.35. The van der Waals surface area contributed by atoms with E-state index >= 15 is 0 Å². The molecule has 0 spiro atoms. The Morgan fingerprint density at radius 1 is 1.33 bits per heavy atom. The molecule has 0 aliphatic carbocycles. The maximum atomic E-state index is 11.7. The van der Waals surface area contributed by atoms with Crippen LogP contribution in [0.2, 0.25) is 0 Å². The zero-order chi connectivity index (χ0) is 13.8. The van der Waals surface area contributed by atoms with Crippen LogP contribution in [0.3, 0.4) is 0 Å². The Morgan fingerprint density at radius 3 is 2.50 bits per heavy atom. The van der Waals surface area contributed by atoms with Gasteiger partial charge < -0.3 is 4.90 Å². The Bertz CT molecular complexity index is 501. The second-order valence-corrected chi connectivity index (χ2v) is 6.58. The molecule has 0 unspecified atom stereocenters. The zero-order valence-corrected chi connectivity index (χ0v) is 12.5. The number of anilines is 2. The molecule has 0 saturated carbocycles. The van der Waals surface area contributed by atoms with Gasteiger partial charge in [0.05, 0.1) is 11.4 Å². The fraction of sp³-hybridized carbons (Fsp3) is 0.500. The van der Waals surface area contributed by atoms with E-state index in [2.05, 4.69) is 4.72 Å². The summed E-state index contributed by atoms with van der Waals surface area (Å²) in [7, 11) is 0.587. The molecule has 0 radical (unpaired) electrons. The molecular formula is C12H19ClN2O2S. The first-order valence-corrected chi connectivity index (χ1v) is 7.89. The van der Waals surface area contributed by atoms with Gasteiger partial charge in [-0.2, -0.15) is 0 Å². The number of nitrogens with zero attached hydrogens (tertiary/aromatic N) is 1. The fourth-order valence-corrected chi connectivity index (χ4v) is 2.99. The van der Waals surface area contributed by atoms with E-state index < -0.39 is 10.0 Å². The molecule has 1 N–H and O–H groups in total. The van der Waals surface area contributed by atoms with Crippen molar-refractivity contribution in [2.24, 2.45) is 0 Å². The molecule has 0 aliphatic rings. The number of halogens is 1. The van der Waals surface area contributed by atoms with E-state index in [1.807, 2.05) is 38.1 Å². The van der Waals surface area contributed by atoms with Crippen molar-refractivity contribution in [2.45, 2.75) is 13.3 Å². The summed E-state index contributed by atoms with van der Waals surface area (Å²) in [6, 6.07) is 5.61. The van der Waals surface area contributed by atoms with Gasteiger partial charge in [-0.15, -0.1) is 11.6 Å². The van der Waals surface area contributed by atoms with Gasteiger partial charge in [-0.05, 0) is 37.1 Å². The van der Waals surface area contributed by atoms with Crippen LogP contribution in [0.25, 0.3) is 0 Å². The summed E-state index contributed by atoms with van der Waals surface area (Å²) in [5, 5.41) is 0. The number of sulfonamides is 1. The predicted octanol–water partition coefficient (Wildman–Crippen LogP) is 2.43. The Morgan fingerprint density at radius 2 is 2.00 bits per heavy atom. The average Bonchev–Trinajstić information content (AvgIpc) is 2.29. The van der Waals surface area contributed by atoms with Crippen molar-refractivity contribution in [1.29, 1.82) is 0 Å². The molecule has 18 heavy (non-hydrogen) atoms. The summed E-state index contributed by atoms with van der Waals surface area (Å²) in [6.45, 7) is 1.88. The molecule has 0 atom stereocenters. The minimum Gasteiger partial charge on any atom is -0.378 e. The van der Waals surface area contributed by atoms with Crippen LogP contribution in [0.1, 0.15) is 12.0 Å². The van der Waals surface area contributed by atoms with Crippen LogP contribution in [-0.2, 0) is 10.0 Å². The molecule has 1 aromatic carbocycles. The number of nitrogens with one attached hydrogen (secondary N) is 1. The van der Waals surface area contributed by atoms with E-state index in [-0.39, 0.29) is 5.75 Å².